The van der Waals surface area contributed by atoms with Crippen molar-refractivity contribution >= 4 is 23.2 Å². The Kier molecular flexibility index (Phi) is 8.34. The number of aromatic hydroxyl groups is 1. The van der Waals surface area contributed by atoms with E-state index in [4.69, 9.17) is 16.7 Å². The summed E-state index contributed by atoms with van der Waals surface area (Å²) in [6.45, 7) is 0.682. The zero-order chi connectivity index (χ0) is 24.9. The number of nitrogens with zero attached hydrogens (tertiary/aromatic N) is 3. The van der Waals surface area contributed by atoms with E-state index in [1.807, 2.05) is 0 Å². The molecule has 7 nitrogen and oxygen atoms in total. The number of hydrogen-bond donors (Lipinski definition) is 3. The second-order valence-corrected chi connectivity index (χ2v) is 6.91. The van der Waals surface area contributed by atoms with Crippen LogP contribution in [0.3, 0.4) is 0 Å². The molecule has 0 unspecified atom stereocenters. The molecule has 0 saturated carbocycles. The molecule has 0 aliphatic rings. The van der Waals surface area contributed by atoms with Crippen LogP contribution in [0.4, 0.5) is 27.6 Å². The SMILES string of the molecule is CCC(F)(F)F.Cn1nc(-c2cc(O)c(C(=O)Nc3c(F)cccc3Cl)cc2F)nc1CO. The van der Waals surface area contributed by atoms with E-state index in [2.05, 4.69) is 15.4 Å². The summed E-state index contributed by atoms with van der Waals surface area (Å²) < 4.78 is 61.9. The maximum absolute atomic E-state index is 14.5. The smallest absolute Gasteiger partial charge is 0.388 e. The molecule has 0 spiro atoms. The number of phenols is 1. The van der Waals surface area contributed by atoms with Gasteiger partial charge in [0.05, 0.1) is 21.8 Å². The molecule has 3 aromatic rings. The lowest BCUT2D eigenvalue weighted by atomic mass is 10.1. The lowest BCUT2D eigenvalue weighted by Crippen LogP contribution is -2.14. The highest BCUT2D eigenvalue weighted by atomic mass is 35.5. The fourth-order valence-electron chi connectivity index (χ4n) is 2.38. The largest absolute Gasteiger partial charge is 0.507 e. The lowest BCUT2D eigenvalue weighted by molar-refractivity contribution is -0.130. The predicted octanol–water partition coefficient (Wildman–Crippen LogP) is 4.82. The fourth-order valence-corrected chi connectivity index (χ4v) is 2.59. The van der Waals surface area contributed by atoms with Crippen LogP contribution in [0.15, 0.2) is 30.3 Å². The number of halogens is 6. The van der Waals surface area contributed by atoms with Gasteiger partial charge in [-0.1, -0.05) is 24.6 Å². The van der Waals surface area contributed by atoms with Crippen LogP contribution < -0.4 is 5.32 Å². The zero-order valence-corrected chi connectivity index (χ0v) is 18.0. The van der Waals surface area contributed by atoms with Gasteiger partial charge in [-0.05, 0) is 24.3 Å². The van der Waals surface area contributed by atoms with Crippen molar-refractivity contribution < 1.29 is 37.0 Å². The maximum atomic E-state index is 14.5. The first-order valence-corrected chi connectivity index (χ1v) is 9.61. The molecule has 13 heteroatoms. The van der Waals surface area contributed by atoms with Gasteiger partial charge in [-0.3, -0.25) is 9.48 Å². The minimum Gasteiger partial charge on any atom is -0.507 e. The van der Waals surface area contributed by atoms with Crippen LogP contribution in [-0.4, -0.2) is 37.1 Å². The molecule has 0 fully saturated rings. The van der Waals surface area contributed by atoms with Crippen LogP contribution in [-0.2, 0) is 13.7 Å². The van der Waals surface area contributed by atoms with Crippen LogP contribution in [0.1, 0.15) is 29.5 Å². The van der Waals surface area contributed by atoms with Gasteiger partial charge in [-0.2, -0.15) is 18.3 Å². The Balaban J connectivity index is 0.000000569. The van der Waals surface area contributed by atoms with Crippen LogP contribution in [0.5, 0.6) is 5.75 Å². The molecule has 0 atom stereocenters. The van der Waals surface area contributed by atoms with Gasteiger partial charge in [0.15, 0.2) is 11.6 Å². The molecule has 2 aromatic carbocycles. The highest BCUT2D eigenvalue weighted by molar-refractivity contribution is 6.34. The molecule has 0 radical (unpaired) electrons. The van der Waals surface area contributed by atoms with Gasteiger partial charge in [0.1, 0.15) is 24.0 Å². The van der Waals surface area contributed by atoms with E-state index in [-0.39, 0.29) is 27.9 Å². The van der Waals surface area contributed by atoms with Crippen molar-refractivity contribution in [1.82, 2.24) is 14.8 Å². The number of carbonyl (C=O) groups excluding carboxylic acids is 1. The van der Waals surface area contributed by atoms with Gasteiger partial charge in [0.25, 0.3) is 5.91 Å². The van der Waals surface area contributed by atoms with Gasteiger partial charge < -0.3 is 15.5 Å². The first-order chi connectivity index (χ1) is 15.4. The molecular weight excluding hydrogens is 475 g/mol. The first kappa shape index (κ1) is 26.0. The number of rotatable bonds is 4. The molecular formula is C20H18ClF5N4O3. The van der Waals surface area contributed by atoms with Crippen molar-refractivity contribution in [3.05, 3.63) is 58.4 Å². The van der Waals surface area contributed by atoms with Crippen molar-refractivity contribution in [3.63, 3.8) is 0 Å². The molecule has 1 heterocycles. The van der Waals surface area contributed by atoms with E-state index in [1.54, 1.807) is 0 Å². The quantitative estimate of drug-likeness (QED) is 0.453. The first-order valence-electron chi connectivity index (χ1n) is 9.23. The average Bonchev–Trinajstić information content (AvgIpc) is 3.12. The Morgan fingerprint density at radius 1 is 1.21 bits per heavy atom. The summed E-state index contributed by atoms with van der Waals surface area (Å²) in [6.07, 6.45) is -4.69. The van der Waals surface area contributed by atoms with Crippen LogP contribution in [0.25, 0.3) is 11.4 Å². The van der Waals surface area contributed by atoms with E-state index in [9.17, 15) is 31.9 Å². The van der Waals surface area contributed by atoms with E-state index in [1.165, 1.54) is 23.9 Å². The van der Waals surface area contributed by atoms with Gasteiger partial charge >= 0.3 is 6.18 Å². The molecule has 0 saturated heterocycles. The van der Waals surface area contributed by atoms with Crippen LogP contribution >= 0.6 is 11.6 Å². The summed E-state index contributed by atoms with van der Waals surface area (Å²) in [4.78, 5) is 16.3. The van der Waals surface area contributed by atoms with Crippen molar-refractivity contribution in [1.29, 1.82) is 0 Å². The molecule has 3 N–H and O–H groups in total. The number of phenolic OH excluding ortho intramolecular Hbond substituents is 1. The van der Waals surface area contributed by atoms with Crippen LogP contribution in [0, 0.1) is 11.6 Å². The molecule has 33 heavy (non-hydrogen) atoms. The standard InChI is InChI=1S/C17H13ClF2N4O3.C3H5F3/c1-24-14(7-25)21-16(23-24)8-6-13(26)9(5-12(8)20)17(27)22-15-10(18)3-2-4-11(15)19;1-2-3(4,5)6/h2-6,25-26H,7H2,1H3,(H,22,27);2H2,1H3. The molecule has 1 aromatic heterocycles. The third-order valence-electron chi connectivity index (χ3n) is 4.17. The summed E-state index contributed by atoms with van der Waals surface area (Å²) in [5.74, 6) is -3.04. The number of aliphatic hydroxyl groups is 1. The molecule has 178 valence electrons. The number of anilines is 1. The second-order valence-electron chi connectivity index (χ2n) is 6.50. The van der Waals surface area contributed by atoms with Gasteiger partial charge in [-0.25, -0.2) is 13.8 Å². The molecule has 0 aliphatic carbocycles. The van der Waals surface area contributed by atoms with Gasteiger partial charge in [-0.15, -0.1) is 0 Å². The van der Waals surface area contributed by atoms with Crippen LogP contribution in [0.2, 0.25) is 5.02 Å². The molecule has 3 rings (SSSR count). The Morgan fingerprint density at radius 3 is 2.36 bits per heavy atom. The number of aromatic nitrogens is 3. The molecule has 1 amide bonds. The highest BCUT2D eigenvalue weighted by Crippen LogP contribution is 2.30. The van der Waals surface area contributed by atoms with Crippen molar-refractivity contribution in [2.24, 2.45) is 7.05 Å². The number of aliphatic hydroxyl groups excluding tert-OH is 1. The number of hydrogen-bond acceptors (Lipinski definition) is 5. The molecule has 0 bridgehead atoms. The normalized spacial score (nSPS) is 11.1. The van der Waals surface area contributed by atoms with Gasteiger partial charge in [0, 0.05) is 13.5 Å². The lowest BCUT2D eigenvalue weighted by Gasteiger charge is -2.10. The summed E-state index contributed by atoms with van der Waals surface area (Å²) in [7, 11) is 1.51. The minimum absolute atomic E-state index is 0.0471. The number of carbonyl (C=O) groups is 1. The summed E-state index contributed by atoms with van der Waals surface area (Å²) >= 11 is 5.84. The van der Waals surface area contributed by atoms with Crippen molar-refractivity contribution in [3.8, 4) is 17.1 Å². The Hall–Kier alpha value is -3.25. The number of nitrogens with one attached hydrogen (secondary N) is 1. The second kappa shape index (κ2) is 10.6. The number of aryl methyl sites for hydroxylation is 1. The van der Waals surface area contributed by atoms with E-state index < -0.39 is 48.1 Å². The van der Waals surface area contributed by atoms with Crippen molar-refractivity contribution in [2.45, 2.75) is 26.1 Å². The summed E-state index contributed by atoms with van der Waals surface area (Å²) in [5.41, 5.74) is -0.871. The number of benzene rings is 2. The number of alkyl halides is 3. The monoisotopic (exact) mass is 492 g/mol. The third-order valence-corrected chi connectivity index (χ3v) is 4.48. The van der Waals surface area contributed by atoms with E-state index >= 15 is 0 Å². The van der Waals surface area contributed by atoms with Crippen molar-refractivity contribution in [2.75, 3.05) is 5.32 Å². The zero-order valence-electron chi connectivity index (χ0n) is 17.2. The van der Waals surface area contributed by atoms with E-state index in [0.717, 1.165) is 25.1 Å². The average molecular weight is 493 g/mol. The summed E-state index contributed by atoms with van der Waals surface area (Å²) in [6, 6.07) is 5.58. The molecule has 0 aliphatic heterocycles. The van der Waals surface area contributed by atoms with E-state index in [0.29, 0.717) is 0 Å². The Labute approximate surface area is 189 Å². The Bertz CT molecular complexity index is 1130. The predicted molar refractivity (Wildman–Crippen MR) is 110 cm³/mol. The minimum atomic E-state index is -3.96. The Morgan fingerprint density at radius 2 is 1.85 bits per heavy atom. The van der Waals surface area contributed by atoms with Gasteiger partial charge in [0.2, 0.25) is 0 Å². The summed E-state index contributed by atoms with van der Waals surface area (Å²) in [5, 5.41) is 25.4. The third kappa shape index (κ3) is 6.62. The number of amides is 1. The fraction of sp³-hybridized carbons (Fsp3) is 0.250. The maximum Gasteiger partial charge on any atom is 0.388 e. The topological polar surface area (TPSA) is 100 Å². The highest BCUT2D eigenvalue weighted by Gasteiger charge is 2.23. The number of para-hydroxylation sites is 1.